The molecule has 1 rings (SSSR count). The van der Waals surface area contributed by atoms with Gasteiger partial charge in [-0.25, -0.2) is 4.79 Å². The Kier molecular flexibility index (Phi) is 5.45. The summed E-state index contributed by atoms with van der Waals surface area (Å²) in [6, 6.07) is 0. The third-order valence-corrected chi connectivity index (χ3v) is 3.69. The van der Waals surface area contributed by atoms with Crippen molar-refractivity contribution in [2.45, 2.75) is 46.6 Å². The van der Waals surface area contributed by atoms with Crippen molar-refractivity contribution in [3.05, 3.63) is 23.8 Å². The van der Waals surface area contributed by atoms with Crippen molar-refractivity contribution in [3.63, 3.8) is 0 Å². The molecule has 18 heavy (non-hydrogen) atoms. The summed E-state index contributed by atoms with van der Waals surface area (Å²) in [5, 5.41) is 0. The van der Waals surface area contributed by atoms with Crippen LogP contribution in [0.25, 0.3) is 0 Å². The van der Waals surface area contributed by atoms with Crippen LogP contribution in [-0.2, 0) is 4.74 Å². The van der Waals surface area contributed by atoms with Crippen molar-refractivity contribution in [2.75, 3.05) is 13.1 Å². The molecule has 0 aliphatic heterocycles. The number of amides is 1. The molecule has 0 aromatic rings. The highest BCUT2D eigenvalue weighted by molar-refractivity contribution is 5.68. The Hall–Kier alpha value is -1.25. The zero-order chi connectivity index (χ0) is 13.7. The average Bonchev–Trinajstić information content (AvgIpc) is 2.33. The molecule has 1 unspecified atom stereocenters. The van der Waals surface area contributed by atoms with Crippen molar-refractivity contribution in [3.8, 4) is 0 Å². The Balaban J connectivity index is 2.65. The van der Waals surface area contributed by atoms with Crippen LogP contribution in [0.5, 0.6) is 0 Å². The second-order valence-corrected chi connectivity index (χ2v) is 5.01. The number of hydrogen-bond donors (Lipinski definition) is 0. The van der Waals surface area contributed by atoms with Crippen LogP contribution in [0.1, 0.15) is 40.5 Å². The Morgan fingerprint density at radius 2 is 2.11 bits per heavy atom. The monoisotopic (exact) mass is 251 g/mol. The zero-order valence-corrected chi connectivity index (χ0v) is 12.0. The van der Waals surface area contributed by atoms with Gasteiger partial charge in [0.25, 0.3) is 0 Å². The van der Waals surface area contributed by atoms with E-state index in [-0.39, 0.29) is 12.2 Å². The number of rotatable bonds is 4. The minimum absolute atomic E-state index is 0.0893. The van der Waals surface area contributed by atoms with Crippen molar-refractivity contribution >= 4 is 6.09 Å². The van der Waals surface area contributed by atoms with Gasteiger partial charge < -0.3 is 9.64 Å². The molecule has 1 aliphatic carbocycles. The maximum atomic E-state index is 11.9. The lowest BCUT2D eigenvalue weighted by molar-refractivity contribution is 0.0682. The molecule has 0 N–H and O–H groups in total. The Morgan fingerprint density at radius 1 is 1.50 bits per heavy atom. The zero-order valence-electron chi connectivity index (χ0n) is 12.0. The minimum atomic E-state index is -0.208. The molecular formula is C15H25NO2. The van der Waals surface area contributed by atoms with Crippen LogP contribution >= 0.6 is 0 Å². The summed E-state index contributed by atoms with van der Waals surface area (Å²) in [6.07, 6.45) is 3.75. The van der Waals surface area contributed by atoms with Crippen LogP contribution in [-0.4, -0.2) is 30.2 Å². The third kappa shape index (κ3) is 3.62. The predicted octanol–water partition coefficient (Wildman–Crippen LogP) is 3.77. The predicted molar refractivity (Wildman–Crippen MR) is 74.5 cm³/mol. The highest BCUT2D eigenvalue weighted by Gasteiger charge is 2.26. The van der Waals surface area contributed by atoms with Crippen molar-refractivity contribution in [1.82, 2.24) is 4.90 Å². The Labute approximate surface area is 110 Å². The lowest BCUT2D eigenvalue weighted by Gasteiger charge is -2.30. The van der Waals surface area contributed by atoms with E-state index in [4.69, 9.17) is 4.74 Å². The molecular weight excluding hydrogens is 226 g/mol. The van der Waals surface area contributed by atoms with E-state index in [1.807, 2.05) is 27.7 Å². The average molecular weight is 251 g/mol. The molecule has 0 bridgehead atoms. The van der Waals surface area contributed by atoms with E-state index in [1.165, 1.54) is 5.57 Å². The van der Waals surface area contributed by atoms with Crippen LogP contribution in [0.15, 0.2) is 23.8 Å². The fraction of sp³-hybridized carbons (Fsp3) is 0.667. The summed E-state index contributed by atoms with van der Waals surface area (Å²) < 4.78 is 5.61. The van der Waals surface area contributed by atoms with Crippen LogP contribution in [0.3, 0.4) is 0 Å². The Bertz CT molecular complexity index is 342. The second-order valence-electron chi connectivity index (χ2n) is 5.01. The first-order chi connectivity index (χ1) is 8.49. The number of carbonyl (C=O) groups is 1. The van der Waals surface area contributed by atoms with Gasteiger partial charge in [0.1, 0.15) is 6.10 Å². The molecule has 1 aliphatic rings. The number of ether oxygens (including phenoxy) is 1. The maximum absolute atomic E-state index is 11.9. The van der Waals surface area contributed by atoms with E-state index < -0.39 is 0 Å². The quantitative estimate of drug-likeness (QED) is 0.712. The van der Waals surface area contributed by atoms with Crippen LogP contribution in [0.4, 0.5) is 4.79 Å². The SMILES string of the molecule is C=C(C)[C@@H]1CC=C(C)C(OC(=O)N(CC)CC)C1. The normalized spacial score (nSPS) is 23.2. The molecule has 2 atom stereocenters. The van der Waals surface area contributed by atoms with Crippen molar-refractivity contribution in [1.29, 1.82) is 0 Å². The van der Waals surface area contributed by atoms with Gasteiger partial charge in [0.2, 0.25) is 0 Å². The van der Waals surface area contributed by atoms with Gasteiger partial charge in [-0.3, -0.25) is 0 Å². The van der Waals surface area contributed by atoms with Gasteiger partial charge in [-0.15, -0.1) is 0 Å². The number of nitrogens with zero attached hydrogens (tertiary/aromatic N) is 1. The van der Waals surface area contributed by atoms with E-state index in [9.17, 15) is 4.79 Å². The van der Waals surface area contributed by atoms with Gasteiger partial charge in [0.15, 0.2) is 0 Å². The van der Waals surface area contributed by atoms with Crippen LogP contribution < -0.4 is 0 Å². The molecule has 0 radical (unpaired) electrons. The smallest absolute Gasteiger partial charge is 0.410 e. The largest absolute Gasteiger partial charge is 0.442 e. The van der Waals surface area contributed by atoms with E-state index >= 15 is 0 Å². The molecule has 102 valence electrons. The highest BCUT2D eigenvalue weighted by atomic mass is 16.6. The third-order valence-electron chi connectivity index (χ3n) is 3.69. The fourth-order valence-electron chi connectivity index (χ4n) is 2.22. The van der Waals surface area contributed by atoms with Gasteiger partial charge in [-0.1, -0.05) is 18.2 Å². The standard InChI is InChI=1S/C15H25NO2/c1-6-16(7-2)15(17)18-14-10-13(11(3)4)9-8-12(14)5/h8,13-14H,3,6-7,9-10H2,1-2,4-5H3/t13-,14?/m1/s1. The van der Waals surface area contributed by atoms with E-state index in [0.29, 0.717) is 19.0 Å². The molecule has 3 heteroatoms. The van der Waals surface area contributed by atoms with Gasteiger partial charge in [0, 0.05) is 13.1 Å². The van der Waals surface area contributed by atoms with Crippen molar-refractivity contribution in [2.24, 2.45) is 5.92 Å². The first kappa shape index (κ1) is 14.8. The van der Waals surface area contributed by atoms with Gasteiger partial charge >= 0.3 is 6.09 Å². The van der Waals surface area contributed by atoms with Gasteiger partial charge in [0.05, 0.1) is 0 Å². The second kappa shape index (κ2) is 6.62. The van der Waals surface area contributed by atoms with Gasteiger partial charge in [-0.05, 0) is 52.0 Å². The van der Waals surface area contributed by atoms with E-state index in [1.54, 1.807) is 4.90 Å². The summed E-state index contributed by atoms with van der Waals surface area (Å²) >= 11 is 0. The van der Waals surface area contributed by atoms with Gasteiger partial charge in [-0.2, -0.15) is 0 Å². The maximum Gasteiger partial charge on any atom is 0.410 e. The van der Waals surface area contributed by atoms with E-state index in [0.717, 1.165) is 18.4 Å². The molecule has 3 nitrogen and oxygen atoms in total. The highest BCUT2D eigenvalue weighted by Crippen LogP contribution is 2.30. The molecule has 0 spiro atoms. The summed E-state index contributed by atoms with van der Waals surface area (Å²) in [5.74, 6) is 0.434. The topological polar surface area (TPSA) is 29.5 Å². The summed E-state index contributed by atoms with van der Waals surface area (Å²) in [5.41, 5.74) is 2.33. The van der Waals surface area contributed by atoms with Crippen LogP contribution in [0.2, 0.25) is 0 Å². The molecule has 0 saturated heterocycles. The molecule has 0 fully saturated rings. The fourth-order valence-corrected chi connectivity index (χ4v) is 2.22. The number of allylic oxidation sites excluding steroid dienone is 2. The first-order valence-corrected chi connectivity index (χ1v) is 6.77. The van der Waals surface area contributed by atoms with Crippen LogP contribution in [0, 0.1) is 5.92 Å². The molecule has 0 heterocycles. The first-order valence-electron chi connectivity index (χ1n) is 6.77. The molecule has 1 amide bonds. The molecule has 0 aromatic carbocycles. The summed E-state index contributed by atoms with van der Waals surface area (Å²) in [7, 11) is 0. The Morgan fingerprint density at radius 3 is 2.61 bits per heavy atom. The minimum Gasteiger partial charge on any atom is -0.442 e. The lowest BCUT2D eigenvalue weighted by atomic mass is 9.84. The van der Waals surface area contributed by atoms with E-state index in [2.05, 4.69) is 12.7 Å². The number of carbonyl (C=O) groups excluding carboxylic acids is 1. The molecule has 0 saturated carbocycles. The van der Waals surface area contributed by atoms with Crippen molar-refractivity contribution < 1.29 is 9.53 Å². The number of hydrogen-bond acceptors (Lipinski definition) is 2. The summed E-state index contributed by atoms with van der Waals surface area (Å²) in [6.45, 7) is 13.4. The summed E-state index contributed by atoms with van der Waals surface area (Å²) in [4.78, 5) is 13.7. The molecule has 0 aromatic heterocycles. The lowest BCUT2D eigenvalue weighted by Crippen LogP contribution is -2.36.